The Morgan fingerprint density at radius 3 is 2.77 bits per heavy atom. The van der Waals surface area contributed by atoms with E-state index < -0.39 is 6.03 Å². The van der Waals surface area contributed by atoms with Crippen LogP contribution in [0.5, 0.6) is 0 Å². The van der Waals surface area contributed by atoms with E-state index in [1.807, 2.05) is 18.3 Å². The average Bonchev–Trinajstić information content (AvgIpc) is 2.49. The minimum atomic E-state index is -0.833. The van der Waals surface area contributed by atoms with Crippen LogP contribution < -0.4 is 11.5 Å². The fourth-order valence-electron chi connectivity index (χ4n) is 0.935. The van der Waals surface area contributed by atoms with Crippen molar-refractivity contribution >= 4 is 17.9 Å². The number of aliphatic imine (C=N–C) groups is 1. The summed E-state index contributed by atoms with van der Waals surface area (Å²) in [7, 11) is 0. The summed E-state index contributed by atoms with van der Waals surface area (Å²) < 4.78 is 0. The number of rotatable bonds is 0. The molecule has 0 bridgehead atoms. The van der Waals surface area contributed by atoms with E-state index in [4.69, 9.17) is 4.79 Å². The molecule has 0 fully saturated rings. The first-order chi connectivity index (χ1) is 6.20. The Morgan fingerprint density at radius 1 is 1.46 bits per heavy atom. The van der Waals surface area contributed by atoms with E-state index >= 15 is 0 Å². The molecular formula is C8H10N4O. The van der Waals surface area contributed by atoms with E-state index in [9.17, 15) is 0 Å². The Bertz CT molecular complexity index is 331. The summed E-state index contributed by atoms with van der Waals surface area (Å²) in [4.78, 5) is 17.2. The van der Waals surface area contributed by atoms with Gasteiger partial charge in [0.15, 0.2) is 0 Å². The summed E-state index contributed by atoms with van der Waals surface area (Å²) in [6.45, 7) is 0. The van der Waals surface area contributed by atoms with Crippen LogP contribution in [-0.4, -0.2) is 17.2 Å². The molecular weight excluding hydrogens is 168 g/mol. The fourth-order valence-corrected chi connectivity index (χ4v) is 0.935. The average molecular weight is 178 g/mol. The van der Waals surface area contributed by atoms with E-state index in [1.54, 1.807) is 6.20 Å². The molecule has 4 N–H and O–H groups in total. The Morgan fingerprint density at radius 2 is 2.15 bits per heavy atom. The third kappa shape index (κ3) is 2.90. The van der Waals surface area contributed by atoms with Crippen LogP contribution in [0.1, 0.15) is 5.69 Å². The largest absolute Gasteiger partial charge is 0.352 e. The number of hydrogen-bond acceptors (Lipinski definition) is 3. The number of pyridine rings is 1. The highest BCUT2D eigenvalue weighted by Gasteiger charge is 2.03. The number of urea groups is 1. The van der Waals surface area contributed by atoms with Crippen LogP contribution in [-0.2, 0) is 6.42 Å². The summed E-state index contributed by atoms with van der Waals surface area (Å²) in [6, 6.07) is 3.05. The molecule has 0 unspecified atom stereocenters. The number of hydrogen-bond donors (Lipinski definition) is 2. The first-order valence-corrected chi connectivity index (χ1v) is 3.71. The number of nitrogens with zero attached hydrogens (tertiary/aromatic N) is 2. The van der Waals surface area contributed by atoms with Crippen LogP contribution in [0.3, 0.4) is 0 Å². The van der Waals surface area contributed by atoms with Crippen molar-refractivity contribution in [3.8, 4) is 0 Å². The minimum absolute atomic E-state index is 0.833. The predicted molar refractivity (Wildman–Crippen MR) is 49.9 cm³/mol. The van der Waals surface area contributed by atoms with Crippen LogP contribution in [0.15, 0.2) is 23.3 Å². The van der Waals surface area contributed by atoms with Gasteiger partial charge in [-0.1, -0.05) is 0 Å². The van der Waals surface area contributed by atoms with Crippen molar-refractivity contribution < 1.29 is 4.79 Å². The SMILES string of the molecule is C1=Nc2cccnc2C1.NC(N)=O. The molecule has 0 atom stereocenters. The van der Waals surface area contributed by atoms with E-state index in [0.717, 1.165) is 17.8 Å². The molecule has 1 aliphatic heterocycles. The molecule has 1 aromatic rings. The van der Waals surface area contributed by atoms with Crippen LogP contribution in [0, 0.1) is 0 Å². The van der Waals surface area contributed by atoms with Crippen LogP contribution in [0.25, 0.3) is 0 Å². The maximum absolute atomic E-state index is 9.00. The van der Waals surface area contributed by atoms with E-state index in [0.29, 0.717) is 0 Å². The first kappa shape index (κ1) is 9.18. The summed E-state index contributed by atoms with van der Waals surface area (Å²) in [5.74, 6) is 0. The van der Waals surface area contributed by atoms with Crippen molar-refractivity contribution in [2.75, 3.05) is 0 Å². The lowest BCUT2D eigenvalue weighted by atomic mass is 10.3. The smallest absolute Gasteiger partial charge is 0.309 e. The molecule has 2 rings (SSSR count). The van der Waals surface area contributed by atoms with Gasteiger partial charge in [0, 0.05) is 18.8 Å². The Balaban J connectivity index is 0.000000184. The second-order valence-corrected chi connectivity index (χ2v) is 2.39. The molecule has 2 amide bonds. The molecule has 5 heteroatoms. The lowest BCUT2D eigenvalue weighted by Gasteiger charge is -1.90. The number of primary amides is 2. The van der Waals surface area contributed by atoms with Gasteiger partial charge in [-0.2, -0.15) is 0 Å². The zero-order valence-corrected chi connectivity index (χ0v) is 6.97. The van der Waals surface area contributed by atoms with Crippen molar-refractivity contribution in [3.63, 3.8) is 0 Å². The molecule has 0 saturated carbocycles. The number of aromatic nitrogens is 1. The Kier molecular flexibility index (Phi) is 2.97. The molecule has 0 aromatic carbocycles. The molecule has 1 aromatic heterocycles. The summed E-state index contributed by atoms with van der Waals surface area (Å²) in [5, 5.41) is 0. The second-order valence-electron chi connectivity index (χ2n) is 2.39. The number of carbonyl (C=O) groups excluding carboxylic acids is 1. The molecule has 13 heavy (non-hydrogen) atoms. The minimum Gasteiger partial charge on any atom is -0.352 e. The van der Waals surface area contributed by atoms with Crippen molar-refractivity contribution in [1.82, 2.24) is 4.98 Å². The zero-order valence-electron chi connectivity index (χ0n) is 6.97. The third-order valence-corrected chi connectivity index (χ3v) is 1.38. The lowest BCUT2D eigenvalue weighted by molar-refractivity contribution is 0.256. The molecule has 2 heterocycles. The van der Waals surface area contributed by atoms with Gasteiger partial charge in [-0.3, -0.25) is 9.98 Å². The summed E-state index contributed by atoms with van der Waals surface area (Å²) >= 11 is 0. The van der Waals surface area contributed by atoms with Crippen LogP contribution in [0.4, 0.5) is 10.5 Å². The summed E-state index contributed by atoms with van der Waals surface area (Å²) in [5.41, 5.74) is 10.6. The number of amides is 2. The Hall–Kier alpha value is -1.91. The highest BCUT2D eigenvalue weighted by molar-refractivity contribution is 5.73. The van der Waals surface area contributed by atoms with Gasteiger partial charge in [0.25, 0.3) is 0 Å². The molecule has 0 radical (unpaired) electrons. The van der Waals surface area contributed by atoms with Gasteiger partial charge in [0.05, 0.1) is 11.4 Å². The van der Waals surface area contributed by atoms with Gasteiger partial charge < -0.3 is 11.5 Å². The highest BCUT2D eigenvalue weighted by Crippen LogP contribution is 2.19. The maximum atomic E-state index is 9.00. The normalized spacial score (nSPS) is 11.4. The van der Waals surface area contributed by atoms with Crippen LogP contribution >= 0.6 is 0 Å². The quantitative estimate of drug-likeness (QED) is 0.600. The van der Waals surface area contributed by atoms with E-state index in [2.05, 4.69) is 21.4 Å². The van der Waals surface area contributed by atoms with E-state index in [-0.39, 0.29) is 0 Å². The maximum Gasteiger partial charge on any atom is 0.309 e. The first-order valence-electron chi connectivity index (χ1n) is 3.71. The molecule has 1 aliphatic rings. The molecule has 0 spiro atoms. The van der Waals surface area contributed by atoms with Gasteiger partial charge in [-0.15, -0.1) is 0 Å². The van der Waals surface area contributed by atoms with Gasteiger partial charge in [-0.05, 0) is 12.1 Å². The molecule has 68 valence electrons. The van der Waals surface area contributed by atoms with Crippen molar-refractivity contribution in [2.45, 2.75) is 6.42 Å². The van der Waals surface area contributed by atoms with Crippen molar-refractivity contribution in [1.29, 1.82) is 0 Å². The standard InChI is InChI=1S/C7H6N2.CH4N2O/c1-2-6-7(8-4-1)3-5-9-6;2-1(3)4/h1-2,4-5H,3H2;(H4,2,3,4). The van der Waals surface area contributed by atoms with Crippen molar-refractivity contribution in [2.24, 2.45) is 16.5 Å². The van der Waals surface area contributed by atoms with Gasteiger partial charge >= 0.3 is 6.03 Å². The second kappa shape index (κ2) is 4.20. The third-order valence-electron chi connectivity index (χ3n) is 1.38. The van der Waals surface area contributed by atoms with Gasteiger partial charge in [-0.25, -0.2) is 4.79 Å². The molecule has 5 nitrogen and oxygen atoms in total. The fraction of sp³-hybridized carbons (Fsp3) is 0.125. The summed E-state index contributed by atoms with van der Waals surface area (Å²) in [6.07, 6.45) is 4.58. The number of fused-ring (bicyclic) bond motifs is 1. The highest BCUT2D eigenvalue weighted by atomic mass is 16.2. The van der Waals surface area contributed by atoms with Gasteiger partial charge in [0.1, 0.15) is 0 Å². The zero-order chi connectivity index (χ0) is 9.68. The molecule has 0 aliphatic carbocycles. The Labute approximate surface area is 75.5 Å². The van der Waals surface area contributed by atoms with Gasteiger partial charge in [0.2, 0.25) is 0 Å². The monoisotopic (exact) mass is 178 g/mol. The molecule has 0 saturated heterocycles. The number of nitrogens with two attached hydrogens (primary N) is 2. The van der Waals surface area contributed by atoms with Crippen molar-refractivity contribution in [3.05, 3.63) is 24.0 Å². The van der Waals surface area contributed by atoms with E-state index in [1.165, 1.54) is 0 Å². The lowest BCUT2D eigenvalue weighted by Crippen LogP contribution is -2.18. The van der Waals surface area contributed by atoms with Crippen LogP contribution in [0.2, 0.25) is 0 Å². The topological polar surface area (TPSA) is 94.4 Å². The number of carbonyl (C=O) groups is 1. The predicted octanol–water partition coefficient (Wildman–Crippen LogP) is 0.364.